The summed E-state index contributed by atoms with van der Waals surface area (Å²) in [6.07, 6.45) is 1.57. The minimum absolute atomic E-state index is 0.242. The Morgan fingerprint density at radius 2 is 1.84 bits per heavy atom. The maximum Gasteiger partial charge on any atom is 0.302 e. The van der Waals surface area contributed by atoms with Gasteiger partial charge in [-0.05, 0) is 24.1 Å². The topological polar surface area (TPSA) is 97.9 Å². The molecular formula is C24H20N5O2S+. The molecule has 2 aromatic carbocycles. The van der Waals surface area contributed by atoms with Gasteiger partial charge in [0.25, 0.3) is 12.1 Å². The number of thiophene rings is 1. The van der Waals surface area contributed by atoms with Gasteiger partial charge < -0.3 is 5.73 Å². The Hall–Kier alpha value is -4.04. The van der Waals surface area contributed by atoms with E-state index in [0.29, 0.717) is 15.4 Å². The first kappa shape index (κ1) is 19.9. The highest BCUT2D eigenvalue weighted by Gasteiger charge is 2.23. The molecule has 0 bridgehead atoms. The van der Waals surface area contributed by atoms with Crippen molar-refractivity contribution < 1.29 is 14.0 Å². The Bertz CT molecular complexity index is 1440. The van der Waals surface area contributed by atoms with E-state index in [1.54, 1.807) is 13.2 Å². The Balaban J connectivity index is 1.68. The average molecular weight is 443 g/mol. The van der Waals surface area contributed by atoms with E-state index in [4.69, 9.17) is 15.2 Å². The van der Waals surface area contributed by atoms with Crippen molar-refractivity contribution in [3.63, 3.8) is 0 Å². The predicted molar refractivity (Wildman–Crippen MR) is 125 cm³/mol. The van der Waals surface area contributed by atoms with Crippen LogP contribution >= 0.6 is 11.3 Å². The molecule has 158 valence electrons. The number of carbonyl (C=O) groups excluding carboxylic acids is 1. The summed E-state index contributed by atoms with van der Waals surface area (Å²) in [5.41, 5.74) is 11.8. The average Bonchev–Trinajstić information content (AvgIpc) is 3.37. The number of aromatic nitrogens is 3. The van der Waals surface area contributed by atoms with Crippen molar-refractivity contribution in [1.29, 1.82) is 0 Å². The lowest BCUT2D eigenvalue weighted by atomic mass is 9.99. The summed E-state index contributed by atoms with van der Waals surface area (Å²) in [5.74, 6) is -0.121. The van der Waals surface area contributed by atoms with Gasteiger partial charge in [0.1, 0.15) is 9.71 Å². The second-order valence-electron chi connectivity index (χ2n) is 7.51. The van der Waals surface area contributed by atoms with Crippen LogP contribution in [0.25, 0.3) is 32.6 Å². The third-order valence-electron chi connectivity index (χ3n) is 5.15. The summed E-state index contributed by atoms with van der Waals surface area (Å²) in [6, 6.07) is 20.2. The molecule has 5 aromatic rings. The zero-order chi connectivity index (χ0) is 22.2. The van der Waals surface area contributed by atoms with Crippen LogP contribution in [0.3, 0.4) is 0 Å². The van der Waals surface area contributed by atoms with Crippen LogP contribution in [-0.4, -0.2) is 16.2 Å². The van der Waals surface area contributed by atoms with Crippen LogP contribution in [0.5, 0.6) is 0 Å². The summed E-state index contributed by atoms with van der Waals surface area (Å²) in [7, 11) is 1.70. The fourth-order valence-corrected chi connectivity index (χ4v) is 4.57. The summed E-state index contributed by atoms with van der Waals surface area (Å²) in [5, 5.41) is 7.20. The van der Waals surface area contributed by atoms with E-state index in [1.807, 2.05) is 43.3 Å². The summed E-state index contributed by atoms with van der Waals surface area (Å²) in [4.78, 5) is 18.9. The lowest BCUT2D eigenvalue weighted by molar-refractivity contribution is -0.739. The number of anilines is 2. The number of hydrogen-bond acceptors (Lipinski definition) is 6. The van der Waals surface area contributed by atoms with Gasteiger partial charge in [0.2, 0.25) is 0 Å². The molecule has 1 amide bonds. The van der Waals surface area contributed by atoms with Crippen molar-refractivity contribution >= 4 is 39.0 Å². The Kier molecular flexibility index (Phi) is 4.91. The molecule has 3 aromatic heterocycles. The molecular weight excluding hydrogens is 422 g/mol. The molecule has 0 aliphatic carbocycles. The number of benzene rings is 2. The highest BCUT2D eigenvalue weighted by Crippen LogP contribution is 2.41. The van der Waals surface area contributed by atoms with Gasteiger partial charge in [0.15, 0.2) is 12.3 Å². The number of nitrogens with one attached hydrogen (secondary N) is 1. The highest BCUT2D eigenvalue weighted by molar-refractivity contribution is 7.21. The number of pyridine rings is 1. The van der Waals surface area contributed by atoms with Crippen molar-refractivity contribution in [2.45, 2.75) is 6.92 Å². The summed E-state index contributed by atoms with van der Waals surface area (Å²) < 4.78 is 6.55. The molecule has 0 saturated heterocycles. The first-order chi connectivity index (χ1) is 15.5. The van der Waals surface area contributed by atoms with Gasteiger partial charge in [-0.3, -0.25) is 14.6 Å². The Morgan fingerprint density at radius 3 is 2.53 bits per heavy atom. The SMILES string of the molecule is Cc1ccc(-c2cc(-c3ccccc3)nc3sc(C(=O)Nc4c[n+](C)no4)c(N)c23)cc1. The van der Waals surface area contributed by atoms with Crippen LogP contribution in [0.15, 0.2) is 71.4 Å². The zero-order valence-electron chi connectivity index (χ0n) is 17.5. The molecule has 3 N–H and O–H groups in total. The molecule has 8 heteroatoms. The van der Waals surface area contributed by atoms with Gasteiger partial charge in [0.05, 0.1) is 11.4 Å². The van der Waals surface area contributed by atoms with Crippen molar-refractivity contribution in [2.24, 2.45) is 7.05 Å². The molecule has 0 saturated carbocycles. The van der Waals surface area contributed by atoms with Crippen LogP contribution in [-0.2, 0) is 7.05 Å². The maximum atomic E-state index is 13.0. The molecule has 0 fully saturated rings. The maximum absolute atomic E-state index is 13.0. The van der Waals surface area contributed by atoms with Crippen LogP contribution in [0.4, 0.5) is 11.6 Å². The van der Waals surface area contributed by atoms with Gasteiger partial charge in [-0.1, -0.05) is 64.8 Å². The minimum Gasteiger partial charge on any atom is -0.397 e. The predicted octanol–water partition coefficient (Wildman–Crippen LogP) is 4.59. The van der Waals surface area contributed by atoms with Gasteiger partial charge in [-0.25, -0.2) is 4.98 Å². The number of nitrogen functional groups attached to an aromatic ring is 1. The monoisotopic (exact) mass is 442 g/mol. The number of amides is 1. The van der Waals surface area contributed by atoms with Gasteiger partial charge in [-0.2, -0.15) is 0 Å². The largest absolute Gasteiger partial charge is 0.397 e. The number of rotatable bonds is 4. The van der Waals surface area contributed by atoms with Crippen molar-refractivity contribution in [3.05, 3.63) is 77.3 Å². The van der Waals surface area contributed by atoms with E-state index in [-0.39, 0.29) is 11.8 Å². The van der Waals surface area contributed by atoms with E-state index >= 15 is 0 Å². The molecule has 0 radical (unpaired) electrons. The number of nitrogens with two attached hydrogens (primary N) is 1. The van der Waals surface area contributed by atoms with E-state index in [2.05, 4.69) is 34.9 Å². The van der Waals surface area contributed by atoms with Crippen molar-refractivity contribution in [2.75, 3.05) is 11.1 Å². The smallest absolute Gasteiger partial charge is 0.302 e. The molecule has 3 heterocycles. The number of carbonyl (C=O) groups is 1. The number of hydrogen-bond donors (Lipinski definition) is 2. The van der Waals surface area contributed by atoms with Crippen LogP contribution < -0.4 is 15.7 Å². The highest BCUT2D eigenvalue weighted by atomic mass is 32.1. The normalized spacial score (nSPS) is 11.1. The van der Waals surface area contributed by atoms with Gasteiger partial charge in [0, 0.05) is 10.9 Å². The standard InChI is InChI=1S/C24H19N5O2S/c1-14-8-10-15(11-9-14)17-12-18(16-6-4-3-5-7-16)26-24-20(17)21(25)22(32-24)23(30)27-19-13-29(2)28-31-19/h3-13H,1-2H3,(H2-,25,27,28,30)/p+1. The minimum atomic E-state index is -0.363. The molecule has 7 nitrogen and oxygen atoms in total. The van der Waals surface area contributed by atoms with Crippen LogP contribution in [0.2, 0.25) is 0 Å². The quantitative estimate of drug-likeness (QED) is 0.397. The van der Waals surface area contributed by atoms with E-state index in [1.165, 1.54) is 21.6 Å². The zero-order valence-corrected chi connectivity index (χ0v) is 18.3. The van der Waals surface area contributed by atoms with E-state index in [9.17, 15) is 4.79 Å². The fraction of sp³-hybridized carbons (Fsp3) is 0.0833. The lowest BCUT2D eigenvalue weighted by Gasteiger charge is -2.09. The van der Waals surface area contributed by atoms with E-state index < -0.39 is 0 Å². The van der Waals surface area contributed by atoms with Crippen LogP contribution in [0, 0.1) is 6.92 Å². The van der Waals surface area contributed by atoms with Crippen molar-refractivity contribution in [3.8, 4) is 22.4 Å². The summed E-state index contributed by atoms with van der Waals surface area (Å²) >= 11 is 1.26. The molecule has 0 aliphatic rings. The Labute approximate surface area is 188 Å². The fourth-order valence-electron chi connectivity index (χ4n) is 3.56. The number of fused-ring (bicyclic) bond motifs is 1. The Morgan fingerprint density at radius 1 is 1.09 bits per heavy atom. The third-order valence-corrected chi connectivity index (χ3v) is 6.24. The lowest BCUT2D eigenvalue weighted by Crippen LogP contribution is -2.28. The number of aryl methyl sites for hydroxylation is 2. The summed E-state index contributed by atoms with van der Waals surface area (Å²) in [6.45, 7) is 2.05. The third kappa shape index (κ3) is 3.61. The first-order valence-corrected chi connectivity index (χ1v) is 10.8. The molecule has 0 unspecified atom stereocenters. The second-order valence-corrected chi connectivity index (χ2v) is 8.51. The second kappa shape index (κ2) is 7.90. The molecule has 32 heavy (non-hydrogen) atoms. The first-order valence-electron chi connectivity index (χ1n) is 9.99. The molecule has 0 aliphatic heterocycles. The molecule has 0 atom stereocenters. The molecule has 5 rings (SSSR count). The van der Waals surface area contributed by atoms with Gasteiger partial charge >= 0.3 is 5.88 Å². The number of nitrogens with zero attached hydrogens (tertiary/aromatic N) is 3. The van der Waals surface area contributed by atoms with E-state index in [0.717, 1.165) is 27.8 Å². The van der Waals surface area contributed by atoms with Crippen LogP contribution in [0.1, 0.15) is 15.2 Å². The molecule has 0 spiro atoms. The van der Waals surface area contributed by atoms with Crippen molar-refractivity contribution in [1.82, 2.24) is 10.3 Å². The van der Waals surface area contributed by atoms with Gasteiger partial charge in [-0.15, -0.1) is 11.3 Å².